The van der Waals surface area contributed by atoms with Crippen LogP contribution in [-0.4, -0.2) is 40.0 Å². The van der Waals surface area contributed by atoms with E-state index in [1.807, 2.05) is 0 Å². The Labute approximate surface area is 96.7 Å². The first-order chi connectivity index (χ1) is 7.53. The Balaban J connectivity index is 2.10. The lowest BCUT2D eigenvalue weighted by Gasteiger charge is -2.19. The minimum atomic E-state index is -0.846. The summed E-state index contributed by atoms with van der Waals surface area (Å²) in [6, 6.07) is 0. The molecule has 0 radical (unpaired) electrons. The average molecular weight is 240 g/mol. The molecule has 0 spiro atoms. The second-order valence-corrected chi connectivity index (χ2v) is 4.93. The number of carbonyl (C=O) groups excluding carboxylic acids is 1. The van der Waals surface area contributed by atoms with Crippen molar-refractivity contribution >= 4 is 23.2 Å². The minimum Gasteiger partial charge on any atom is -0.481 e. The molecule has 0 unspecified atom stereocenters. The van der Waals surface area contributed by atoms with Gasteiger partial charge in [0.25, 0.3) is 5.91 Å². The van der Waals surface area contributed by atoms with Crippen LogP contribution in [0, 0.1) is 5.41 Å². The molecule has 2 heterocycles. The number of hydrogen-bond donors (Lipinski definition) is 1. The summed E-state index contributed by atoms with van der Waals surface area (Å²) in [5.41, 5.74) is 1.19. The molecule has 2 rings (SSSR count). The van der Waals surface area contributed by atoms with Crippen LogP contribution in [-0.2, 0) is 4.79 Å². The highest BCUT2D eigenvalue weighted by Crippen LogP contribution is 2.30. The zero-order chi connectivity index (χ0) is 11.8. The van der Waals surface area contributed by atoms with Crippen LogP contribution in [0.2, 0.25) is 0 Å². The van der Waals surface area contributed by atoms with E-state index < -0.39 is 11.4 Å². The van der Waals surface area contributed by atoms with Gasteiger partial charge in [0.2, 0.25) is 0 Å². The van der Waals surface area contributed by atoms with Gasteiger partial charge >= 0.3 is 5.97 Å². The molecular weight excluding hydrogens is 228 g/mol. The number of aliphatic carboxylic acids is 1. The molecule has 86 valence electrons. The zero-order valence-corrected chi connectivity index (χ0v) is 9.66. The molecule has 5 nitrogen and oxygen atoms in total. The molecule has 1 aliphatic rings. The fourth-order valence-electron chi connectivity index (χ4n) is 1.79. The lowest BCUT2D eigenvalue weighted by Crippen LogP contribution is -2.34. The molecule has 0 aliphatic carbocycles. The first-order valence-electron chi connectivity index (χ1n) is 4.94. The van der Waals surface area contributed by atoms with Crippen LogP contribution < -0.4 is 0 Å². The van der Waals surface area contributed by atoms with Crippen molar-refractivity contribution in [1.82, 2.24) is 9.88 Å². The zero-order valence-electron chi connectivity index (χ0n) is 8.84. The highest BCUT2D eigenvalue weighted by atomic mass is 32.1. The van der Waals surface area contributed by atoms with E-state index in [9.17, 15) is 9.59 Å². The van der Waals surface area contributed by atoms with Crippen molar-refractivity contribution in [3.05, 3.63) is 16.6 Å². The van der Waals surface area contributed by atoms with Gasteiger partial charge < -0.3 is 10.0 Å². The molecule has 1 saturated heterocycles. The molecule has 1 aliphatic heterocycles. The first-order valence-corrected chi connectivity index (χ1v) is 5.88. The fourth-order valence-corrected chi connectivity index (χ4v) is 2.31. The molecule has 1 N–H and O–H groups in total. The van der Waals surface area contributed by atoms with Crippen LogP contribution in [0.25, 0.3) is 0 Å². The van der Waals surface area contributed by atoms with Crippen LogP contribution in [0.15, 0.2) is 10.9 Å². The van der Waals surface area contributed by atoms with Gasteiger partial charge in [-0.15, -0.1) is 11.3 Å². The summed E-state index contributed by atoms with van der Waals surface area (Å²) in [6.45, 7) is 2.42. The summed E-state index contributed by atoms with van der Waals surface area (Å²) in [5, 5.41) is 10.7. The van der Waals surface area contributed by atoms with Crippen molar-refractivity contribution in [1.29, 1.82) is 0 Å². The quantitative estimate of drug-likeness (QED) is 0.839. The maximum Gasteiger partial charge on any atom is 0.311 e. The summed E-state index contributed by atoms with van der Waals surface area (Å²) in [6.07, 6.45) is 0.498. The van der Waals surface area contributed by atoms with E-state index in [0.29, 0.717) is 18.7 Å². The Kier molecular flexibility index (Phi) is 2.67. The molecule has 6 heteroatoms. The highest BCUT2D eigenvalue weighted by Gasteiger charge is 2.42. The normalized spacial score (nSPS) is 24.7. The van der Waals surface area contributed by atoms with E-state index in [-0.39, 0.29) is 12.5 Å². The summed E-state index contributed by atoms with van der Waals surface area (Å²) in [4.78, 5) is 28.4. The van der Waals surface area contributed by atoms with Crippen LogP contribution in [0.4, 0.5) is 0 Å². The SMILES string of the molecule is C[C@@]1(C(=O)O)CCN(C(=O)c2cscn2)C1. The third-order valence-electron chi connectivity index (χ3n) is 2.93. The molecule has 0 bridgehead atoms. The number of hydrogen-bond acceptors (Lipinski definition) is 4. The number of carboxylic acid groups (broad SMARTS) is 1. The Bertz CT molecular complexity index is 418. The lowest BCUT2D eigenvalue weighted by atomic mass is 9.90. The Morgan fingerprint density at radius 1 is 1.62 bits per heavy atom. The summed E-state index contributed by atoms with van der Waals surface area (Å²) in [7, 11) is 0. The van der Waals surface area contributed by atoms with E-state index in [1.54, 1.807) is 22.7 Å². The third kappa shape index (κ3) is 1.80. The van der Waals surface area contributed by atoms with E-state index in [4.69, 9.17) is 5.11 Å². The fraction of sp³-hybridized carbons (Fsp3) is 0.500. The van der Waals surface area contributed by atoms with Crippen LogP contribution in [0.5, 0.6) is 0 Å². The standard InChI is InChI=1S/C10H12N2O3S/c1-10(9(14)15)2-3-12(5-10)8(13)7-4-16-6-11-7/h4,6H,2-3,5H2,1H3,(H,14,15)/t10-/m1/s1. The molecular formula is C10H12N2O3S. The number of nitrogens with zero attached hydrogens (tertiary/aromatic N) is 2. The summed E-state index contributed by atoms with van der Waals surface area (Å²) < 4.78 is 0. The average Bonchev–Trinajstić information content (AvgIpc) is 2.85. The van der Waals surface area contributed by atoms with E-state index >= 15 is 0 Å². The van der Waals surface area contributed by atoms with Crippen LogP contribution in [0.3, 0.4) is 0 Å². The van der Waals surface area contributed by atoms with Gasteiger partial charge in [-0.1, -0.05) is 0 Å². The number of carbonyl (C=O) groups is 2. The molecule has 16 heavy (non-hydrogen) atoms. The molecule has 1 fully saturated rings. The van der Waals surface area contributed by atoms with E-state index in [1.165, 1.54) is 11.3 Å². The maximum atomic E-state index is 11.9. The van der Waals surface area contributed by atoms with Gasteiger partial charge in [0, 0.05) is 18.5 Å². The first kappa shape index (κ1) is 11.1. The Morgan fingerprint density at radius 3 is 2.88 bits per heavy atom. The van der Waals surface area contributed by atoms with Crippen molar-refractivity contribution in [3.63, 3.8) is 0 Å². The highest BCUT2D eigenvalue weighted by molar-refractivity contribution is 7.07. The van der Waals surface area contributed by atoms with Crippen LogP contribution >= 0.6 is 11.3 Å². The number of likely N-dealkylation sites (tertiary alicyclic amines) is 1. The number of carboxylic acids is 1. The molecule has 0 aromatic carbocycles. The number of aromatic nitrogens is 1. The molecule has 1 amide bonds. The third-order valence-corrected chi connectivity index (χ3v) is 3.51. The van der Waals surface area contributed by atoms with Crippen molar-refractivity contribution < 1.29 is 14.7 Å². The van der Waals surface area contributed by atoms with Crippen molar-refractivity contribution in [2.75, 3.05) is 13.1 Å². The number of thiazole rings is 1. The maximum absolute atomic E-state index is 11.9. The van der Waals surface area contributed by atoms with Crippen LogP contribution in [0.1, 0.15) is 23.8 Å². The molecule has 1 aromatic heterocycles. The predicted octanol–water partition coefficient (Wildman–Crippen LogP) is 1.08. The summed E-state index contributed by atoms with van der Waals surface area (Å²) >= 11 is 1.36. The molecule has 1 aromatic rings. The van der Waals surface area contributed by atoms with Gasteiger partial charge in [0.05, 0.1) is 10.9 Å². The van der Waals surface area contributed by atoms with Gasteiger partial charge in [0.15, 0.2) is 0 Å². The Hall–Kier alpha value is -1.43. The lowest BCUT2D eigenvalue weighted by molar-refractivity contribution is -0.147. The topological polar surface area (TPSA) is 70.5 Å². The van der Waals surface area contributed by atoms with Crippen molar-refractivity contribution in [3.8, 4) is 0 Å². The van der Waals surface area contributed by atoms with Crippen molar-refractivity contribution in [2.45, 2.75) is 13.3 Å². The molecule has 1 atom stereocenters. The van der Waals surface area contributed by atoms with Gasteiger partial charge in [-0.25, -0.2) is 4.98 Å². The smallest absolute Gasteiger partial charge is 0.311 e. The number of rotatable bonds is 2. The van der Waals surface area contributed by atoms with Gasteiger partial charge in [0.1, 0.15) is 5.69 Å². The van der Waals surface area contributed by atoms with Gasteiger partial charge in [-0.2, -0.15) is 0 Å². The predicted molar refractivity (Wildman–Crippen MR) is 58.4 cm³/mol. The monoisotopic (exact) mass is 240 g/mol. The van der Waals surface area contributed by atoms with Gasteiger partial charge in [-0.3, -0.25) is 9.59 Å². The van der Waals surface area contributed by atoms with E-state index in [2.05, 4.69) is 4.98 Å². The van der Waals surface area contributed by atoms with E-state index in [0.717, 1.165) is 0 Å². The van der Waals surface area contributed by atoms with Gasteiger partial charge in [-0.05, 0) is 13.3 Å². The molecule has 0 saturated carbocycles. The number of amides is 1. The minimum absolute atomic E-state index is 0.175. The second kappa shape index (κ2) is 3.86. The van der Waals surface area contributed by atoms with Crippen molar-refractivity contribution in [2.24, 2.45) is 5.41 Å². The second-order valence-electron chi connectivity index (χ2n) is 4.22. The Morgan fingerprint density at radius 2 is 2.38 bits per heavy atom. The largest absolute Gasteiger partial charge is 0.481 e. The summed E-state index contributed by atoms with van der Waals surface area (Å²) in [5.74, 6) is -1.02.